The van der Waals surface area contributed by atoms with E-state index in [1.54, 1.807) is 0 Å². The molecule has 0 saturated carbocycles. The summed E-state index contributed by atoms with van der Waals surface area (Å²) in [5.74, 6) is -1.70. The molecule has 3 aromatic carbocycles. The average Bonchev–Trinajstić information content (AvgIpc) is 3.05. The molecule has 1 saturated heterocycles. The third-order valence-corrected chi connectivity index (χ3v) is 6.97. The van der Waals surface area contributed by atoms with Gasteiger partial charge in [-0.3, -0.25) is 19.7 Å². The zero-order valence-electron chi connectivity index (χ0n) is 18.0. The number of rotatable bonds is 4. The minimum Gasteiger partial charge on any atom is -0.274 e. The Morgan fingerprint density at radius 3 is 1.97 bits per heavy atom. The van der Waals surface area contributed by atoms with Crippen LogP contribution in [0, 0.1) is 21.4 Å². The highest BCUT2D eigenvalue weighted by molar-refractivity contribution is 6.24. The summed E-state index contributed by atoms with van der Waals surface area (Å²) in [5.41, 5.74) is 1.20. The van der Waals surface area contributed by atoms with Gasteiger partial charge in [0.25, 0.3) is 5.69 Å². The number of carbonyl (C=O) groups is 2. The van der Waals surface area contributed by atoms with Crippen molar-refractivity contribution in [2.24, 2.45) is 11.3 Å². The molecule has 4 atom stereocenters. The molecule has 164 valence electrons. The highest BCUT2D eigenvalue weighted by Crippen LogP contribution is 2.57. The summed E-state index contributed by atoms with van der Waals surface area (Å²) < 4.78 is 0. The smallest absolute Gasteiger partial charge is 0.269 e. The molecule has 0 unspecified atom stereocenters. The molecule has 1 heterocycles. The van der Waals surface area contributed by atoms with Gasteiger partial charge in [-0.05, 0) is 30.2 Å². The zero-order chi connectivity index (χ0) is 23.2. The summed E-state index contributed by atoms with van der Waals surface area (Å²) in [5, 5.41) is 11.1. The van der Waals surface area contributed by atoms with Crippen molar-refractivity contribution in [1.29, 1.82) is 0 Å². The van der Waals surface area contributed by atoms with Crippen molar-refractivity contribution < 1.29 is 14.5 Å². The largest absolute Gasteiger partial charge is 0.274 e. The molecule has 1 aliphatic carbocycles. The molecule has 6 nitrogen and oxygen atoms in total. The molecule has 33 heavy (non-hydrogen) atoms. The van der Waals surface area contributed by atoms with Gasteiger partial charge in [-0.1, -0.05) is 72.8 Å². The lowest BCUT2D eigenvalue weighted by atomic mass is 9.58. The average molecular weight is 438 g/mol. The number of imide groups is 1. The highest BCUT2D eigenvalue weighted by Gasteiger charge is 2.63. The van der Waals surface area contributed by atoms with Crippen LogP contribution in [0.25, 0.3) is 0 Å². The molecule has 2 aliphatic rings. The lowest BCUT2D eigenvalue weighted by molar-refractivity contribution is -0.384. The fourth-order valence-corrected chi connectivity index (χ4v) is 5.33. The number of hydrogen-bond acceptors (Lipinski definition) is 4. The molecule has 0 aromatic heterocycles. The number of non-ortho nitro benzene ring substituents is 1. The van der Waals surface area contributed by atoms with Crippen molar-refractivity contribution in [3.63, 3.8) is 0 Å². The van der Waals surface area contributed by atoms with Gasteiger partial charge in [0.15, 0.2) is 0 Å². The van der Waals surface area contributed by atoms with E-state index in [-0.39, 0.29) is 29.3 Å². The van der Waals surface area contributed by atoms with Crippen LogP contribution in [0.4, 0.5) is 11.4 Å². The zero-order valence-corrected chi connectivity index (χ0v) is 18.0. The van der Waals surface area contributed by atoms with Gasteiger partial charge in [-0.25, -0.2) is 4.90 Å². The van der Waals surface area contributed by atoms with Crippen molar-refractivity contribution >= 4 is 23.2 Å². The number of allylic oxidation sites excluding steroid dienone is 2. The van der Waals surface area contributed by atoms with Crippen molar-refractivity contribution in [3.05, 3.63) is 118 Å². The van der Waals surface area contributed by atoms with E-state index >= 15 is 0 Å². The van der Waals surface area contributed by atoms with E-state index in [1.165, 1.54) is 29.2 Å². The van der Waals surface area contributed by atoms with E-state index in [0.717, 1.165) is 11.1 Å². The first kappa shape index (κ1) is 20.8. The Kier molecular flexibility index (Phi) is 4.93. The van der Waals surface area contributed by atoms with Gasteiger partial charge in [0.1, 0.15) is 0 Å². The minimum absolute atomic E-state index is 0.0903. The molecule has 6 heteroatoms. The fourth-order valence-electron chi connectivity index (χ4n) is 5.33. The Balaban J connectivity index is 1.65. The molecule has 3 aromatic rings. The van der Waals surface area contributed by atoms with Crippen LogP contribution in [0.2, 0.25) is 0 Å². The first-order valence-electron chi connectivity index (χ1n) is 10.8. The third-order valence-electron chi connectivity index (χ3n) is 6.97. The predicted molar refractivity (Wildman–Crippen MR) is 125 cm³/mol. The Hall–Kier alpha value is -4.06. The van der Waals surface area contributed by atoms with Crippen molar-refractivity contribution in [1.82, 2.24) is 0 Å². The number of amides is 2. The number of nitro groups is 1. The van der Waals surface area contributed by atoms with E-state index in [4.69, 9.17) is 0 Å². The summed E-state index contributed by atoms with van der Waals surface area (Å²) >= 11 is 0. The molecule has 0 radical (unpaired) electrons. The van der Waals surface area contributed by atoms with E-state index in [2.05, 4.69) is 0 Å². The standard InChI is InChI=1S/C27H22N2O4/c1-27-23(19-10-6-3-7-11-19)17-16-22(18-8-4-2-5-9-18)24(27)25(30)28(26(27)31)20-12-14-21(15-13-20)29(32)33/h2-17,22-24H,1H3/t22-,23+,24-,27-/m1/s1. The van der Waals surface area contributed by atoms with Gasteiger partial charge in [0.2, 0.25) is 11.8 Å². The van der Waals surface area contributed by atoms with Gasteiger partial charge in [0, 0.05) is 24.0 Å². The number of nitrogens with zero attached hydrogens (tertiary/aromatic N) is 2. The maximum absolute atomic E-state index is 14.0. The number of nitro benzene ring substituents is 1. The van der Waals surface area contributed by atoms with E-state index in [9.17, 15) is 19.7 Å². The van der Waals surface area contributed by atoms with Gasteiger partial charge in [-0.15, -0.1) is 0 Å². The molecule has 0 bridgehead atoms. The maximum Gasteiger partial charge on any atom is 0.269 e. The summed E-state index contributed by atoms with van der Waals surface area (Å²) in [7, 11) is 0. The molecule has 1 aliphatic heterocycles. The number of hydrogen-bond donors (Lipinski definition) is 0. The molecular formula is C27H22N2O4. The van der Waals surface area contributed by atoms with Crippen LogP contribution in [-0.4, -0.2) is 16.7 Å². The summed E-state index contributed by atoms with van der Waals surface area (Å²) in [4.78, 5) is 39.6. The van der Waals surface area contributed by atoms with Crippen LogP contribution in [0.1, 0.15) is 29.9 Å². The monoisotopic (exact) mass is 438 g/mol. The molecule has 0 N–H and O–H groups in total. The predicted octanol–water partition coefficient (Wildman–Crippen LogP) is 5.23. The van der Waals surface area contributed by atoms with Crippen LogP contribution in [0.5, 0.6) is 0 Å². The quantitative estimate of drug-likeness (QED) is 0.242. The van der Waals surface area contributed by atoms with Crippen LogP contribution in [0.15, 0.2) is 97.1 Å². The molecule has 5 rings (SSSR count). The first-order valence-corrected chi connectivity index (χ1v) is 10.8. The van der Waals surface area contributed by atoms with Crippen LogP contribution >= 0.6 is 0 Å². The van der Waals surface area contributed by atoms with Gasteiger partial charge >= 0.3 is 0 Å². The SMILES string of the molecule is C[C@]12C(=O)N(c3ccc([N+](=O)[O-])cc3)C(=O)[C@H]1[C@@H](c1ccccc1)C=C[C@H]2c1ccccc1. The van der Waals surface area contributed by atoms with E-state index in [0.29, 0.717) is 5.69 Å². The third kappa shape index (κ3) is 3.18. The van der Waals surface area contributed by atoms with Gasteiger partial charge in [0.05, 0.1) is 21.9 Å². The van der Waals surface area contributed by atoms with Crippen molar-refractivity contribution in [2.45, 2.75) is 18.8 Å². The topological polar surface area (TPSA) is 80.5 Å². The summed E-state index contributed by atoms with van der Waals surface area (Å²) in [6, 6.07) is 25.1. The van der Waals surface area contributed by atoms with E-state index < -0.39 is 16.3 Å². The van der Waals surface area contributed by atoms with Crippen molar-refractivity contribution in [3.8, 4) is 0 Å². The number of benzene rings is 3. The number of carbonyl (C=O) groups excluding carboxylic acids is 2. The highest BCUT2D eigenvalue weighted by atomic mass is 16.6. The minimum atomic E-state index is -1.00. The van der Waals surface area contributed by atoms with Crippen LogP contribution < -0.4 is 4.90 Å². The normalized spacial score (nSPS) is 26.3. The summed E-state index contributed by atoms with van der Waals surface area (Å²) in [6.45, 7) is 1.88. The summed E-state index contributed by atoms with van der Waals surface area (Å²) in [6.07, 6.45) is 4.10. The van der Waals surface area contributed by atoms with Gasteiger partial charge < -0.3 is 0 Å². The van der Waals surface area contributed by atoms with Crippen LogP contribution in [0.3, 0.4) is 0 Å². The first-order chi connectivity index (χ1) is 15.9. The Morgan fingerprint density at radius 1 is 0.818 bits per heavy atom. The Bertz CT molecular complexity index is 1250. The molecule has 1 fully saturated rings. The van der Waals surface area contributed by atoms with Crippen LogP contribution in [-0.2, 0) is 9.59 Å². The second kappa shape index (κ2) is 7.81. The second-order valence-corrected chi connectivity index (χ2v) is 8.72. The number of fused-ring (bicyclic) bond motifs is 1. The fraction of sp³-hybridized carbons (Fsp3) is 0.185. The lowest BCUT2D eigenvalue weighted by Crippen LogP contribution is -2.42. The Labute approximate surface area is 191 Å². The molecular weight excluding hydrogens is 416 g/mol. The molecule has 0 spiro atoms. The lowest BCUT2D eigenvalue weighted by Gasteiger charge is -2.41. The number of anilines is 1. The second-order valence-electron chi connectivity index (χ2n) is 8.72. The molecule has 2 amide bonds. The maximum atomic E-state index is 14.0. The van der Waals surface area contributed by atoms with Gasteiger partial charge in [-0.2, -0.15) is 0 Å². The van der Waals surface area contributed by atoms with Crippen molar-refractivity contribution in [2.75, 3.05) is 4.90 Å². The Morgan fingerprint density at radius 2 is 1.39 bits per heavy atom. The van der Waals surface area contributed by atoms with E-state index in [1.807, 2.05) is 79.7 Å².